The predicted octanol–water partition coefficient (Wildman–Crippen LogP) is 2.92. The van der Waals surface area contributed by atoms with E-state index in [2.05, 4.69) is 0 Å². The molecule has 7 atom stereocenters. The Morgan fingerprint density at radius 3 is 1.77 bits per heavy atom. The largest absolute Gasteiger partial charge is 0.274 e. The van der Waals surface area contributed by atoms with Gasteiger partial charge in [-0.3, -0.25) is 29.0 Å². The molecule has 3 aliphatic carbocycles. The van der Waals surface area contributed by atoms with Crippen LogP contribution >= 0.6 is 0 Å². The van der Waals surface area contributed by atoms with Gasteiger partial charge in [-0.1, -0.05) is 19.1 Å². The molecule has 0 spiro atoms. The minimum atomic E-state index is -0.307. The van der Waals surface area contributed by atoms with Gasteiger partial charge in [0.25, 0.3) is 0 Å². The summed E-state index contributed by atoms with van der Waals surface area (Å²) in [6.07, 6.45) is 7.69. The molecule has 154 valence electrons. The molecule has 2 aliphatic heterocycles. The Morgan fingerprint density at radius 1 is 0.733 bits per heavy atom. The Kier molecular flexibility index (Phi) is 3.68. The molecule has 5 aliphatic rings. The molecule has 2 bridgehead atoms. The summed E-state index contributed by atoms with van der Waals surface area (Å²) in [4.78, 5) is 54.5. The molecule has 2 heterocycles. The highest BCUT2D eigenvalue weighted by molar-refractivity contribution is 6.24. The van der Waals surface area contributed by atoms with E-state index in [1.54, 1.807) is 24.3 Å². The van der Waals surface area contributed by atoms with E-state index >= 15 is 0 Å². The molecule has 6 rings (SSSR count). The third-order valence-electron chi connectivity index (χ3n) is 8.17. The summed E-state index contributed by atoms with van der Waals surface area (Å²) in [5, 5.41) is 0. The average molecular weight is 404 g/mol. The monoisotopic (exact) mass is 404 g/mol. The lowest BCUT2D eigenvalue weighted by molar-refractivity contribution is -0.124. The van der Waals surface area contributed by atoms with Crippen molar-refractivity contribution >= 4 is 35.0 Å². The number of carbonyl (C=O) groups excluding carboxylic acids is 4. The number of amides is 4. The molecule has 6 heteroatoms. The topological polar surface area (TPSA) is 74.8 Å². The second-order valence-corrected chi connectivity index (χ2v) is 9.58. The highest BCUT2D eigenvalue weighted by atomic mass is 16.2. The van der Waals surface area contributed by atoms with Crippen LogP contribution in [0, 0.1) is 41.4 Å². The van der Waals surface area contributed by atoms with Crippen molar-refractivity contribution in [2.24, 2.45) is 41.4 Å². The number of hydrogen-bond donors (Lipinski definition) is 0. The van der Waals surface area contributed by atoms with Gasteiger partial charge in [-0.05, 0) is 67.7 Å². The summed E-state index contributed by atoms with van der Waals surface area (Å²) in [7, 11) is 0. The summed E-state index contributed by atoms with van der Waals surface area (Å²) >= 11 is 0. The van der Waals surface area contributed by atoms with Gasteiger partial charge < -0.3 is 0 Å². The Hall–Kier alpha value is -2.76. The number of rotatable bonds is 2. The van der Waals surface area contributed by atoms with Crippen LogP contribution in [0.4, 0.5) is 11.4 Å². The molecule has 6 nitrogen and oxygen atoms in total. The Morgan fingerprint density at radius 2 is 1.23 bits per heavy atom. The Balaban J connectivity index is 1.28. The van der Waals surface area contributed by atoms with Crippen LogP contribution in [-0.2, 0) is 19.2 Å². The van der Waals surface area contributed by atoms with Gasteiger partial charge in [0.2, 0.25) is 23.6 Å². The fourth-order valence-electron chi connectivity index (χ4n) is 6.82. The predicted molar refractivity (Wildman–Crippen MR) is 109 cm³/mol. The van der Waals surface area contributed by atoms with Crippen LogP contribution in [0.25, 0.3) is 0 Å². The first-order valence-corrected chi connectivity index (χ1v) is 11.0. The third-order valence-corrected chi connectivity index (χ3v) is 8.17. The van der Waals surface area contributed by atoms with Crippen LogP contribution < -0.4 is 9.80 Å². The SMILES string of the molecule is C[C@H]1C=CC[C@H]2C(=O)N(c3ccc(N4C(=O)[C@@H]5[C@@H]6CC[C@@H](C6)[C@@H]5C4=O)cc3)C(=O)[C@H]12. The van der Waals surface area contributed by atoms with E-state index in [-0.39, 0.29) is 53.2 Å². The molecule has 2 saturated heterocycles. The van der Waals surface area contributed by atoms with Crippen molar-refractivity contribution < 1.29 is 19.2 Å². The van der Waals surface area contributed by atoms with Crippen LogP contribution in [0.3, 0.4) is 0 Å². The number of carbonyl (C=O) groups is 4. The maximum atomic E-state index is 13.0. The van der Waals surface area contributed by atoms with E-state index in [1.807, 2.05) is 19.1 Å². The molecule has 0 radical (unpaired) electrons. The summed E-state index contributed by atoms with van der Waals surface area (Å²) in [6, 6.07) is 6.75. The first-order valence-electron chi connectivity index (χ1n) is 11.0. The van der Waals surface area contributed by atoms with E-state index in [9.17, 15) is 19.2 Å². The normalized spacial score (nSPS) is 39.3. The number of anilines is 2. The first kappa shape index (κ1) is 18.0. The van der Waals surface area contributed by atoms with Gasteiger partial charge in [-0.25, -0.2) is 0 Å². The van der Waals surface area contributed by atoms with Crippen molar-refractivity contribution in [1.29, 1.82) is 0 Å². The van der Waals surface area contributed by atoms with Gasteiger partial charge >= 0.3 is 0 Å². The average Bonchev–Trinajstić information content (AvgIpc) is 3.47. The minimum Gasteiger partial charge on any atom is -0.274 e. The van der Waals surface area contributed by atoms with Crippen molar-refractivity contribution in [2.75, 3.05) is 9.80 Å². The molecular formula is C24H24N2O4. The number of imide groups is 2. The maximum Gasteiger partial charge on any atom is 0.238 e. The summed E-state index contributed by atoms with van der Waals surface area (Å²) in [6.45, 7) is 1.97. The fourth-order valence-corrected chi connectivity index (χ4v) is 6.82. The fraction of sp³-hybridized carbons (Fsp3) is 0.500. The summed E-state index contributed by atoms with van der Waals surface area (Å²) in [5.74, 6) is -0.661. The van der Waals surface area contributed by atoms with E-state index in [0.29, 0.717) is 29.6 Å². The molecule has 1 aromatic rings. The molecule has 4 amide bonds. The van der Waals surface area contributed by atoms with Crippen LogP contribution in [0.1, 0.15) is 32.6 Å². The highest BCUT2D eigenvalue weighted by Gasteiger charge is 2.61. The molecule has 4 fully saturated rings. The maximum absolute atomic E-state index is 13.0. The second-order valence-electron chi connectivity index (χ2n) is 9.58. The zero-order valence-corrected chi connectivity index (χ0v) is 16.9. The van der Waals surface area contributed by atoms with E-state index in [1.165, 1.54) is 9.80 Å². The standard InChI is InChI=1S/C24H24N2O4/c1-12-3-2-4-17-18(12)22(28)25(21(17)27)15-7-9-16(10-8-15)26-23(29)19-13-5-6-14(11-13)20(19)24(26)30/h2-3,7-10,12-14,17-20H,4-6,11H2,1H3/t12-,13-,14+,17+,18+,19-,20+/m0/s1. The lowest BCUT2D eigenvalue weighted by Crippen LogP contribution is -2.33. The van der Waals surface area contributed by atoms with Gasteiger partial charge in [0, 0.05) is 0 Å². The van der Waals surface area contributed by atoms with Crippen molar-refractivity contribution in [2.45, 2.75) is 32.6 Å². The molecule has 0 aromatic heterocycles. The molecule has 30 heavy (non-hydrogen) atoms. The van der Waals surface area contributed by atoms with E-state index < -0.39 is 0 Å². The van der Waals surface area contributed by atoms with E-state index in [4.69, 9.17) is 0 Å². The van der Waals surface area contributed by atoms with Crippen LogP contribution in [-0.4, -0.2) is 23.6 Å². The van der Waals surface area contributed by atoms with Crippen molar-refractivity contribution in [3.8, 4) is 0 Å². The molecular weight excluding hydrogens is 380 g/mol. The molecule has 0 unspecified atom stereocenters. The minimum absolute atomic E-state index is 0.0408. The van der Waals surface area contributed by atoms with Crippen molar-refractivity contribution in [3.63, 3.8) is 0 Å². The number of fused-ring (bicyclic) bond motifs is 6. The lowest BCUT2D eigenvalue weighted by Gasteiger charge is -2.22. The smallest absolute Gasteiger partial charge is 0.238 e. The summed E-state index contributed by atoms with van der Waals surface area (Å²) in [5.41, 5.74) is 1.05. The number of benzene rings is 1. The lowest BCUT2D eigenvalue weighted by atomic mass is 9.78. The van der Waals surface area contributed by atoms with E-state index in [0.717, 1.165) is 19.3 Å². The number of allylic oxidation sites excluding steroid dienone is 2. The van der Waals surface area contributed by atoms with Crippen LogP contribution in [0.2, 0.25) is 0 Å². The highest BCUT2D eigenvalue weighted by Crippen LogP contribution is 2.56. The molecule has 2 saturated carbocycles. The van der Waals surface area contributed by atoms with Crippen molar-refractivity contribution in [1.82, 2.24) is 0 Å². The number of hydrogen-bond acceptors (Lipinski definition) is 4. The molecule has 0 N–H and O–H groups in total. The first-order chi connectivity index (χ1) is 14.5. The summed E-state index contributed by atoms with van der Waals surface area (Å²) < 4.78 is 0. The Labute approximate surface area is 174 Å². The van der Waals surface area contributed by atoms with Gasteiger partial charge in [0.15, 0.2) is 0 Å². The quantitative estimate of drug-likeness (QED) is 0.561. The third kappa shape index (κ3) is 2.19. The Bertz CT molecular complexity index is 964. The van der Waals surface area contributed by atoms with Gasteiger partial charge in [-0.15, -0.1) is 0 Å². The van der Waals surface area contributed by atoms with Crippen LogP contribution in [0.15, 0.2) is 36.4 Å². The van der Waals surface area contributed by atoms with Crippen molar-refractivity contribution in [3.05, 3.63) is 36.4 Å². The zero-order chi connectivity index (χ0) is 20.7. The van der Waals surface area contributed by atoms with Gasteiger partial charge in [0.05, 0.1) is 35.0 Å². The van der Waals surface area contributed by atoms with Gasteiger partial charge in [-0.2, -0.15) is 0 Å². The second kappa shape index (κ2) is 6.13. The number of nitrogens with zero attached hydrogens (tertiary/aromatic N) is 2. The van der Waals surface area contributed by atoms with Crippen LogP contribution in [0.5, 0.6) is 0 Å². The molecule has 1 aromatic carbocycles. The zero-order valence-electron chi connectivity index (χ0n) is 16.9. The van der Waals surface area contributed by atoms with Gasteiger partial charge in [0.1, 0.15) is 0 Å².